The molecule has 1 aliphatic heterocycles. The Hall–Kier alpha value is -3.11. The fourth-order valence-electron chi connectivity index (χ4n) is 4.50. The first kappa shape index (κ1) is 34.4. The molecule has 2 aromatic heterocycles. The minimum absolute atomic E-state index is 0.0301. The minimum atomic E-state index is -4.27. The van der Waals surface area contributed by atoms with Gasteiger partial charge in [-0.3, -0.25) is 22.8 Å². The maximum Gasteiger partial charge on any atom is 0.510 e. The summed E-state index contributed by atoms with van der Waals surface area (Å²) in [7, 11) is -3.08. The fraction of sp³-hybridized carbons (Fsp3) is 0.720. The van der Waals surface area contributed by atoms with E-state index in [9.17, 15) is 23.7 Å². The van der Waals surface area contributed by atoms with Crippen molar-refractivity contribution in [3.05, 3.63) is 6.33 Å². The molecule has 43 heavy (non-hydrogen) atoms. The quantitative estimate of drug-likeness (QED) is 0.164. The Morgan fingerprint density at radius 3 is 2.56 bits per heavy atom. The summed E-state index contributed by atoms with van der Waals surface area (Å²) in [6.07, 6.45) is -5.34. The SMILES string of the molecule is CCOC(=O)OC(C)OP(=O)(C[C@H](C(=O)OC)C(C)C)OC[C@H]1O[C@@H](n2cnc3c(OCC)nc(N)nc32)[C@H](O)[C@@H]1CF. The van der Waals surface area contributed by atoms with E-state index in [4.69, 9.17) is 38.5 Å². The van der Waals surface area contributed by atoms with Gasteiger partial charge in [0.15, 0.2) is 17.4 Å². The second-order valence-corrected chi connectivity index (χ2v) is 12.0. The number of ether oxygens (including phenoxy) is 5. The lowest BCUT2D eigenvalue weighted by atomic mass is 9.98. The number of alkyl halides is 1. The highest BCUT2D eigenvalue weighted by atomic mass is 31.2. The van der Waals surface area contributed by atoms with Crippen LogP contribution in [0.25, 0.3) is 11.2 Å². The van der Waals surface area contributed by atoms with Crippen molar-refractivity contribution in [2.75, 3.05) is 45.5 Å². The molecule has 0 radical (unpaired) electrons. The molecule has 16 nitrogen and oxygen atoms in total. The molecule has 7 atom stereocenters. The van der Waals surface area contributed by atoms with Crippen LogP contribution in [-0.4, -0.2) is 95.0 Å². The van der Waals surface area contributed by atoms with Gasteiger partial charge in [-0.2, -0.15) is 9.97 Å². The molecule has 0 spiro atoms. The van der Waals surface area contributed by atoms with E-state index < -0.39 is 75.7 Å². The molecule has 2 aromatic rings. The second kappa shape index (κ2) is 15.1. The number of fused-ring (bicyclic) bond motifs is 1. The molecular formula is C25H39FN5O11P. The number of nitrogen functional groups attached to an aromatic ring is 1. The number of rotatable bonds is 15. The molecule has 0 amide bonds. The number of imidazole rings is 1. The van der Waals surface area contributed by atoms with Crippen LogP contribution < -0.4 is 10.5 Å². The summed E-state index contributed by atoms with van der Waals surface area (Å²) < 4.78 is 66.8. The van der Waals surface area contributed by atoms with Crippen LogP contribution in [0.2, 0.25) is 0 Å². The van der Waals surface area contributed by atoms with Crippen LogP contribution in [0.15, 0.2) is 6.33 Å². The molecule has 3 N–H and O–H groups in total. The maximum atomic E-state index is 14.3. The van der Waals surface area contributed by atoms with E-state index in [2.05, 4.69) is 15.0 Å². The van der Waals surface area contributed by atoms with E-state index in [-0.39, 0.29) is 42.1 Å². The van der Waals surface area contributed by atoms with Gasteiger partial charge in [0.2, 0.25) is 18.1 Å². The van der Waals surface area contributed by atoms with Gasteiger partial charge in [0.25, 0.3) is 0 Å². The third-order valence-electron chi connectivity index (χ3n) is 6.66. The standard InChI is InChI=1S/C25H39FN5O11P/c1-7-37-21-18-20(29-24(27)30-21)31(12-28-18)22-19(32)15(9-26)17(41-22)10-39-43(35,11-16(13(3)4)23(33)36-6)42-14(5)40-25(34)38-8-2/h12-17,19,22,32H,7-11H2,1-6H3,(H2,27,29,30)/t14?,15-,16+,17-,19-,22-,43?/m1/s1. The van der Waals surface area contributed by atoms with Gasteiger partial charge in [0.05, 0.1) is 58.1 Å². The van der Waals surface area contributed by atoms with Crippen LogP contribution in [0.4, 0.5) is 15.1 Å². The molecule has 1 saturated heterocycles. The highest BCUT2D eigenvalue weighted by Gasteiger charge is 2.47. The van der Waals surface area contributed by atoms with Crippen molar-refractivity contribution in [1.82, 2.24) is 19.5 Å². The van der Waals surface area contributed by atoms with Gasteiger partial charge < -0.3 is 39.0 Å². The maximum absolute atomic E-state index is 14.3. The largest absolute Gasteiger partial charge is 0.510 e. The number of anilines is 1. The zero-order chi connectivity index (χ0) is 31.9. The first-order chi connectivity index (χ1) is 20.4. The highest BCUT2D eigenvalue weighted by molar-refractivity contribution is 7.53. The summed E-state index contributed by atoms with van der Waals surface area (Å²) in [6, 6.07) is 0. The van der Waals surface area contributed by atoms with Crippen molar-refractivity contribution >= 4 is 36.8 Å². The summed E-state index contributed by atoms with van der Waals surface area (Å²) in [5.41, 5.74) is 6.25. The molecule has 2 unspecified atom stereocenters. The van der Waals surface area contributed by atoms with Gasteiger partial charge in [-0.15, -0.1) is 0 Å². The van der Waals surface area contributed by atoms with Crippen molar-refractivity contribution in [2.24, 2.45) is 17.8 Å². The fourth-order valence-corrected chi connectivity index (χ4v) is 6.68. The smallest absolute Gasteiger partial charge is 0.476 e. The van der Waals surface area contributed by atoms with Gasteiger partial charge in [-0.25, -0.2) is 9.78 Å². The van der Waals surface area contributed by atoms with Crippen molar-refractivity contribution in [2.45, 2.75) is 59.3 Å². The molecule has 0 aliphatic carbocycles. The van der Waals surface area contributed by atoms with Crippen molar-refractivity contribution in [1.29, 1.82) is 0 Å². The van der Waals surface area contributed by atoms with Crippen LogP contribution in [0.3, 0.4) is 0 Å². The van der Waals surface area contributed by atoms with Crippen LogP contribution in [0.1, 0.15) is 40.8 Å². The monoisotopic (exact) mass is 635 g/mol. The predicted molar refractivity (Wildman–Crippen MR) is 148 cm³/mol. The minimum Gasteiger partial charge on any atom is -0.476 e. The number of aliphatic hydroxyl groups excluding tert-OH is 1. The van der Waals surface area contributed by atoms with Gasteiger partial charge in [0.1, 0.15) is 6.10 Å². The Morgan fingerprint density at radius 1 is 1.23 bits per heavy atom. The topological polar surface area (TPSA) is 206 Å². The Labute approximate surface area is 247 Å². The zero-order valence-electron chi connectivity index (χ0n) is 24.9. The van der Waals surface area contributed by atoms with Gasteiger partial charge in [-0.05, 0) is 26.7 Å². The molecule has 242 valence electrons. The highest BCUT2D eigenvalue weighted by Crippen LogP contribution is 2.53. The first-order valence-corrected chi connectivity index (χ1v) is 15.5. The third-order valence-corrected chi connectivity index (χ3v) is 8.66. The van der Waals surface area contributed by atoms with Crippen LogP contribution >= 0.6 is 7.60 Å². The molecule has 1 aliphatic rings. The van der Waals surface area contributed by atoms with Crippen molar-refractivity contribution in [3.8, 4) is 5.88 Å². The Balaban J connectivity index is 1.86. The number of halogens is 1. The van der Waals surface area contributed by atoms with Gasteiger partial charge >= 0.3 is 19.7 Å². The number of aliphatic hydroxyl groups is 1. The zero-order valence-corrected chi connectivity index (χ0v) is 25.8. The number of methoxy groups -OCH3 is 1. The third kappa shape index (κ3) is 8.29. The Morgan fingerprint density at radius 2 is 1.95 bits per heavy atom. The van der Waals surface area contributed by atoms with E-state index in [0.717, 1.165) is 0 Å². The number of aromatic nitrogens is 4. The van der Waals surface area contributed by atoms with E-state index in [1.807, 2.05) is 0 Å². The molecule has 0 saturated carbocycles. The summed E-state index contributed by atoms with van der Waals surface area (Å²) in [4.78, 5) is 36.7. The van der Waals surface area contributed by atoms with Crippen LogP contribution in [0, 0.1) is 17.8 Å². The van der Waals surface area contributed by atoms with Crippen LogP contribution in [0.5, 0.6) is 5.88 Å². The molecule has 0 aromatic carbocycles. The summed E-state index contributed by atoms with van der Waals surface area (Å²) >= 11 is 0. The number of hydrogen-bond acceptors (Lipinski definition) is 15. The van der Waals surface area contributed by atoms with Gasteiger partial charge in [-0.1, -0.05) is 13.8 Å². The van der Waals surface area contributed by atoms with Crippen LogP contribution in [-0.2, 0) is 37.4 Å². The van der Waals surface area contributed by atoms with E-state index in [1.165, 1.54) is 24.9 Å². The molecule has 0 bridgehead atoms. The van der Waals surface area contributed by atoms with E-state index >= 15 is 0 Å². The number of nitrogens with two attached hydrogens (primary N) is 1. The summed E-state index contributed by atoms with van der Waals surface area (Å²) in [5.74, 6) is -3.04. The average molecular weight is 636 g/mol. The molecule has 3 rings (SSSR count). The second-order valence-electron chi connectivity index (χ2n) is 9.95. The molecule has 1 fully saturated rings. The predicted octanol–water partition coefficient (Wildman–Crippen LogP) is 2.84. The number of hydrogen-bond donors (Lipinski definition) is 2. The lowest BCUT2D eigenvalue weighted by molar-refractivity contribution is -0.146. The Kier molecular flexibility index (Phi) is 12.0. The Bertz CT molecular complexity index is 1300. The van der Waals surface area contributed by atoms with Gasteiger partial charge in [0, 0.05) is 5.92 Å². The van der Waals surface area contributed by atoms with E-state index in [0.29, 0.717) is 0 Å². The van der Waals surface area contributed by atoms with Crippen molar-refractivity contribution in [3.63, 3.8) is 0 Å². The molecule has 3 heterocycles. The lowest BCUT2D eigenvalue weighted by Crippen LogP contribution is -2.31. The summed E-state index contributed by atoms with van der Waals surface area (Å²) in [6.45, 7) is 6.81. The average Bonchev–Trinajstić information content (AvgIpc) is 3.50. The molecule has 18 heteroatoms. The normalized spacial score (nSPS) is 23.1. The van der Waals surface area contributed by atoms with Crippen molar-refractivity contribution < 1.29 is 56.4 Å². The molecular weight excluding hydrogens is 596 g/mol. The number of carbonyl (C=O) groups is 2. The number of carbonyl (C=O) groups excluding carboxylic acids is 2. The number of esters is 1. The lowest BCUT2D eigenvalue weighted by Gasteiger charge is -2.28. The van der Waals surface area contributed by atoms with E-state index in [1.54, 1.807) is 27.7 Å². The summed E-state index contributed by atoms with van der Waals surface area (Å²) in [5, 5.41) is 11.0. The number of nitrogens with zero attached hydrogens (tertiary/aromatic N) is 4. The first-order valence-electron chi connectivity index (χ1n) is 13.7.